The molecule has 0 radical (unpaired) electrons. The van der Waals surface area contributed by atoms with Crippen LogP contribution < -0.4 is 4.74 Å². The summed E-state index contributed by atoms with van der Waals surface area (Å²) < 4.78 is 5.04. The summed E-state index contributed by atoms with van der Waals surface area (Å²) in [4.78, 5) is 0. The Morgan fingerprint density at radius 1 is 1.40 bits per heavy atom. The first-order valence-corrected chi connectivity index (χ1v) is 5.03. The number of aliphatic hydroxyl groups is 1. The number of hydrogen-bond donors (Lipinski definition) is 1. The van der Waals surface area contributed by atoms with Gasteiger partial charge in [-0.15, -0.1) is 12.3 Å². The van der Waals surface area contributed by atoms with Crippen LogP contribution in [0, 0.1) is 12.3 Å². The molecule has 0 saturated carbocycles. The fourth-order valence-electron chi connectivity index (χ4n) is 1.39. The molecule has 1 aromatic carbocycles. The second-order valence-electron chi connectivity index (χ2n) is 3.39. The maximum absolute atomic E-state index is 9.80. The highest BCUT2D eigenvalue weighted by Crippen LogP contribution is 2.21. The van der Waals surface area contributed by atoms with Crippen LogP contribution in [0.5, 0.6) is 5.75 Å². The van der Waals surface area contributed by atoms with E-state index < -0.39 is 6.10 Å². The van der Waals surface area contributed by atoms with Gasteiger partial charge in [-0.1, -0.05) is 12.1 Å². The Morgan fingerprint density at radius 2 is 2.07 bits per heavy atom. The molecule has 1 unspecified atom stereocenters. The van der Waals surface area contributed by atoms with Crippen molar-refractivity contribution >= 4 is 0 Å². The first-order valence-electron chi connectivity index (χ1n) is 5.03. The van der Waals surface area contributed by atoms with Crippen LogP contribution in [0.15, 0.2) is 24.3 Å². The number of benzene rings is 1. The molecule has 0 spiro atoms. The average molecular weight is 204 g/mol. The fraction of sp³-hybridized carbons (Fsp3) is 0.385. The van der Waals surface area contributed by atoms with Gasteiger partial charge in [0.05, 0.1) is 13.2 Å². The zero-order valence-corrected chi connectivity index (χ0v) is 8.94. The van der Waals surface area contributed by atoms with Gasteiger partial charge in [-0.25, -0.2) is 0 Å². The molecule has 1 atom stereocenters. The normalized spacial score (nSPS) is 11.8. The van der Waals surface area contributed by atoms with Crippen molar-refractivity contribution in [3.8, 4) is 18.1 Å². The predicted molar refractivity (Wildman–Crippen MR) is 60.6 cm³/mol. The van der Waals surface area contributed by atoms with Crippen LogP contribution in [0.2, 0.25) is 0 Å². The van der Waals surface area contributed by atoms with Crippen LogP contribution >= 0.6 is 0 Å². The number of aliphatic hydroxyl groups excluding tert-OH is 1. The van der Waals surface area contributed by atoms with E-state index in [-0.39, 0.29) is 0 Å². The Kier molecular flexibility index (Phi) is 4.73. The number of ether oxygens (including phenoxy) is 1. The van der Waals surface area contributed by atoms with Crippen molar-refractivity contribution in [1.82, 2.24) is 0 Å². The second-order valence-corrected chi connectivity index (χ2v) is 3.39. The van der Waals surface area contributed by atoms with Crippen LogP contribution in [-0.2, 0) is 0 Å². The van der Waals surface area contributed by atoms with E-state index in [2.05, 4.69) is 5.92 Å². The van der Waals surface area contributed by atoms with Gasteiger partial charge in [-0.3, -0.25) is 0 Å². The lowest BCUT2D eigenvalue weighted by atomic mass is 10.0. The SMILES string of the molecule is C#CCCCC(O)c1ccc(OC)cc1. The van der Waals surface area contributed by atoms with E-state index in [0.29, 0.717) is 12.8 Å². The minimum atomic E-state index is -0.427. The van der Waals surface area contributed by atoms with Crippen molar-refractivity contribution in [3.63, 3.8) is 0 Å². The van der Waals surface area contributed by atoms with Gasteiger partial charge in [-0.2, -0.15) is 0 Å². The average Bonchev–Trinajstić information content (AvgIpc) is 2.29. The molecular weight excluding hydrogens is 188 g/mol. The Bertz CT molecular complexity index is 321. The summed E-state index contributed by atoms with van der Waals surface area (Å²) >= 11 is 0. The zero-order valence-electron chi connectivity index (χ0n) is 8.94. The van der Waals surface area contributed by atoms with E-state index in [1.807, 2.05) is 24.3 Å². The maximum atomic E-state index is 9.80. The van der Waals surface area contributed by atoms with Crippen molar-refractivity contribution in [2.75, 3.05) is 7.11 Å². The Hall–Kier alpha value is -1.46. The predicted octanol–water partition coefficient (Wildman–Crippen LogP) is 2.53. The van der Waals surface area contributed by atoms with Crippen LogP contribution in [0.4, 0.5) is 0 Å². The van der Waals surface area contributed by atoms with E-state index in [4.69, 9.17) is 11.2 Å². The molecule has 1 N–H and O–H groups in total. The molecule has 0 bridgehead atoms. The van der Waals surface area contributed by atoms with E-state index >= 15 is 0 Å². The Balaban J connectivity index is 2.51. The van der Waals surface area contributed by atoms with Gasteiger partial charge in [0.25, 0.3) is 0 Å². The summed E-state index contributed by atoms with van der Waals surface area (Å²) in [6.45, 7) is 0. The summed E-state index contributed by atoms with van der Waals surface area (Å²) in [6.07, 6.45) is 6.99. The number of hydrogen-bond acceptors (Lipinski definition) is 2. The van der Waals surface area contributed by atoms with E-state index in [9.17, 15) is 5.11 Å². The third kappa shape index (κ3) is 3.65. The highest BCUT2D eigenvalue weighted by atomic mass is 16.5. The maximum Gasteiger partial charge on any atom is 0.118 e. The molecule has 2 nitrogen and oxygen atoms in total. The standard InChI is InChI=1S/C13H16O2/c1-3-4-5-6-13(14)11-7-9-12(15-2)10-8-11/h1,7-10,13-14H,4-6H2,2H3. The molecule has 0 amide bonds. The lowest BCUT2D eigenvalue weighted by Gasteiger charge is -2.10. The van der Waals surface area contributed by atoms with Crippen LogP contribution in [-0.4, -0.2) is 12.2 Å². The summed E-state index contributed by atoms with van der Waals surface area (Å²) in [5.74, 6) is 3.36. The first-order chi connectivity index (χ1) is 7.27. The highest BCUT2D eigenvalue weighted by molar-refractivity contribution is 5.28. The third-order valence-electron chi connectivity index (χ3n) is 2.30. The minimum Gasteiger partial charge on any atom is -0.497 e. The molecule has 0 fully saturated rings. The van der Waals surface area contributed by atoms with Gasteiger partial charge < -0.3 is 9.84 Å². The van der Waals surface area contributed by atoms with Gasteiger partial charge >= 0.3 is 0 Å². The Labute approximate surface area is 90.9 Å². The Morgan fingerprint density at radius 3 is 2.60 bits per heavy atom. The third-order valence-corrected chi connectivity index (χ3v) is 2.30. The molecule has 1 rings (SSSR count). The molecule has 0 aliphatic heterocycles. The summed E-state index contributed by atoms with van der Waals surface area (Å²) in [5, 5.41) is 9.80. The molecule has 0 saturated heterocycles. The summed E-state index contributed by atoms with van der Waals surface area (Å²) in [5.41, 5.74) is 0.910. The summed E-state index contributed by atoms with van der Waals surface area (Å²) in [7, 11) is 1.62. The molecule has 0 aromatic heterocycles. The van der Waals surface area contributed by atoms with Gasteiger partial charge in [0.1, 0.15) is 5.75 Å². The van der Waals surface area contributed by atoms with Crippen molar-refractivity contribution in [1.29, 1.82) is 0 Å². The van der Waals surface area contributed by atoms with Crippen LogP contribution in [0.25, 0.3) is 0 Å². The monoisotopic (exact) mass is 204 g/mol. The molecule has 2 heteroatoms. The molecule has 1 aromatic rings. The van der Waals surface area contributed by atoms with Crippen molar-refractivity contribution in [3.05, 3.63) is 29.8 Å². The molecule has 0 aliphatic rings. The van der Waals surface area contributed by atoms with Gasteiger partial charge in [0.15, 0.2) is 0 Å². The van der Waals surface area contributed by atoms with Gasteiger partial charge in [0.2, 0.25) is 0 Å². The molecule has 0 aliphatic carbocycles. The minimum absolute atomic E-state index is 0.427. The lowest BCUT2D eigenvalue weighted by Crippen LogP contribution is -1.97. The molecule has 15 heavy (non-hydrogen) atoms. The smallest absolute Gasteiger partial charge is 0.118 e. The van der Waals surface area contributed by atoms with Crippen molar-refractivity contribution in [2.24, 2.45) is 0 Å². The second kappa shape index (κ2) is 6.10. The fourth-order valence-corrected chi connectivity index (χ4v) is 1.39. The first kappa shape index (κ1) is 11.6. The van der Waals surface area contributed by atoms with E-state index in [0.717, 1.165) is 17.7 Å². The largest absolute Gasteiger partial charge is 0.497 e. The highest BCUT2D eigenvalue weighted by Gasteiger charge is 2.06. The number of unbranched alkanes of at least 4 members (excludes halogenated alkanes) is 1. The van der Waals surface area contributed by atoms with Crippen molar-refractivity contribution in [2.45, 2.75) is 25.4 Å². The molecule has 0 heterocycles. The molecule has 80 valence electrons. The quantitative estimate of drug-likeness (QED) is 0.590. The summed E-state index contributed by atoms with van der Waals surface area (Å²) in [6, 6.07) is 7.44. The van der Waals surface area contributed by atoms with E-state index in [1.165, 1.54) is 0 Å². The van der Waals surface area contributed by atoms with Gasteiger partial charge in [0, 0.05) is 6.42 Å². The van der Waals surface area contributed by atoms with Crippen LogP contribution in [0.3, 0.4) is 0 Å². The van der Waals surface area contributed by atoms with E-state index in [1.54, 1.807) is 7.11 Å². The zero-order chi connectivity index (χ0) is 11.1. The van der Waals surface area contributed by atoms with Gasteiger partial charge in [-0.05, 0) is 30.5 Å². The van der Waals surface area contributed by atoms with Crippen LogP contribution in [0.1, 0.15) is 30.9 Å². The number of terminal acetylenes is 1. The number of methoxy groups -OCH3 is 1. The lowest BCUT2D eigenvalue weighted by molar-refractivity contribution is 0.165. The number of rotatable bonds is 5. The van der Waals surface area contributed by atoms with Crippen molar-refractivity contribution < 1.29 is 9.84 Å². The molecular formula is C13H16O2. The topological polar surface area (TPSA) is 29.5 Å².